The number of benzene rings is 1. The molecule has 2 heterocycles. The van der Waals surface area contributed by atoms with E-state index >= 15 is 0 Å². The monoisotopic (exact) mass is 274 g/mol. The van der Waals surface area contributed by atoms with Crippen LogP contribution in [0.3, 0.4) is 0 Å². The Labute approximate surface area is 122 Å². The molecule has 0 amide bonds. The topological polar surface area (TPSA) is 18.5 Å². The first-order valence-electron chi connectivity index (χ1n) is 7.91. The molecule has 3 fully saturated rings. The molecule has 3 aliphatic rings. The fourth-order valence-corrected chi connectivity index (χ4v) is 3.99. The molecule has 2 saturated heterocycles. The highest BCUT2D eigenvalue weighted by atomic mass is 16.6. The van der Waals surface area contributed by atoms with Crippen molar-refractivity contribution in [3.8, 4) is 0 Å². The Morgan fingerprint density at radius 1 is 1.25 bits per heavy atom. The van der Waals surface area contributed by atoms with Crippen molar-refractivity contribution in [1.82, 2.24) is 0 Å². The van der Waals surface area contributed by atoms with Gasteiger partial charge in [-0.3, -0.25) is 0 Å². The zero-order valence-corrected chi connectivity index (χ0v) is 12.9. The maximum atomic E-state index is 6.49. The average Bonchev–Trinajstić information content (AvgIpc) is 2.46. The summed E-state index contributed by atoms with van der Waals surface area (Å²) in [5, 5.41) is 0. The smallest absolute Gasteiger partial charge is 0.0948 e. The van der Waals surface area contributed by atoms with Crippen LogP contribution < -0.4 is 0 Å². The number of hydrogen-bond donors (Lipinski definition) is 0. The van der Waals surface area contributed by atoms with E-state index in [9.17, 15) is 0 Å². The maximum Gasteiger partial charge on any atom is 0.0948 e. The lowest BCUT2D eigenvalue weighted by Gasteiger charge is -2.58. The summed E-state index contributed by atoms with van der Waals surface area (Å²) in [7, 11) is 0. The Bertz CT molecular complexity index is 454. The standard InChI is InChI=1S/C18H26O2/c1-4-18-11-10-15(17(2,3)20-18)12-16(18)19-13-14-8-6-5-7-9-14/h5-9,15-16H,4,10-13H2,1-3H3. The van der Waals surface area contributed by atoms with Crippen molar-refractivity contribution >= 4 is 0 Å². The van der Waals surface area contributed by atoms with Gasteiger partial charge in [0, 0.05) is 0 Å². The summed E-state index contributed by atoms with van der Waals surface area (Å²) in [5.74, 6) is 0.636. The van der Waals surface area contributed by atoms with Crippen LogP contribution in [-0.2, 0) is 16.1 Å². The van der Waals surface area contributed by atoms with Crippen molar-refractivity contribution in [2.24, 2.45) is 5.92 Å². The van der Waals surface area contributed by atoms with Crippen molar-refractivity contribution in [3.63, 3.8) is 0 Å². The van der Waals surface area contributed by atoms with E-state index in [0.29, 0.717) is 12.5 Å². The quantitative estimate of drug-likeness (QED) is 0.813. The molecule has 1 aromatic rings. The molecule has 2 heteroatoms. The minimum Gasteiger partial charge on any atom is -0.371 e. The lowest BCUT2D eigenvalue weighted by atomic mass is 9.65. The molecular weight excluding hydrogens is 248 g/mol. The third-order valence-corrected chi connectivity index (χ3v) is 5.34. The Kier molecular flexibility index (Phi) is 3.64. The van der Waals surface area contributed by atoms with Gasteiger partial charge in [-0.25, -0.2) is 0 Å². The van der Waals surface area contributed by atoms with Crippen molar-refractivity contribution in [2.75, 3.05) is 0 Å². The summed E-state index contributed by atoms with van der Waals surface area (Å²) < 4.78 is 12.8. The highest BCUT2D eigenvalue weighted by molar-refractivity contribution is 5.14. The predicted molar refractivity (Wildman–Crippen MR) is 80.5 cm³/mol. The van der Waals surface area contributed by atoms with Crippen LogP contribution in [0.25, 0.3) is 0 Å². The summed E-state index contributed by atoms with van der Waals surface area (Å²) in [4.78, 5) is 0. The number of rotatable bonds is 4. The summed E-state index contributed by atoms with van der Waals surface area (Å²) in [5.41, 5.74) is 1.20. The Balaban J connectivity index is 1.71. The Morgan fingerprint density at radius 3 is 2.65 bits per heavy atom. The van der Waals surface area contributed by atoms with Gasteiger partial charge in [-0.1, -0.05) is 37.3 Å². The molecule has 1 saturated carbocycles. The molecule has 0 aromatic heterocycles. The molecule has 2 aliphatic heterocycles. The van der Waals surface area contributed by atoms with Crippen molar-refractivity contribution < 1.29 is 9.47 Å². The predicted octanol–water partition coefficient (Wildman–Crippen LogP) is 4.33. The third-order valence-electron chi connectivity index (χ3n) is 5.34. The van der Waals surface area contributed by atoms with Gasteiger partial charge in [0.1, 0.15) is 0 Å². The molecule has 2 nitrogen and oxygen atoms in total. The highest BCUT2D eigenvalue weighted by Gasteiger charge is 2.55. The van der Waals surface area contributed by atoms with Crippen LogP contribution in [0, 0.1) is 5.92 Å². The van der Waals surface area contributed by atoms with Gasteiger partial charge >= 0.3 is 0 Å². The molecular formula is C18H26O2. The van der Waals surface area contributed by atoms with E-state index in [1.165, 1.54) is 12.0 Å². The average molecular weight is 274 g/mol. The molecule has 0 spiro atoms. The van der Waals surface area contributed by atoms with Gasteiger partial charge in [-0.15, -0.1) is 0 Å². The van der Waals surface area contributed by atoms with Gasteiger partial charge in [0.2, 0.25) is 0 Å². The first-order chi connectivity index (χ1) is 9.56. The molecule has 0 N–H and O–H groups in total. The largest absolute Gasteiger partial charge is 0.371 e. The van der Waals surface area contributed by atoms with Crippen molar-refractivity contribution in [1.29, 1.82) is 0 Å². The second kappa shape index (κ2) is 5.16. The highest BCUT2D eigenvalue weighted by Crippen LogP contribution is 2.52. The summed E-state index contributed by atoms with van der Waals surface area (Å²) in [6.07, 6.45) is 4.87. The lowest BCUT2D eigenvalue weighted by molar-refractivity contribution is -0.293. The first kappa shape index (κ1) is 14.1. The normalized spacial score (nSPS) is 35.1. The molecule has 110 valence electrons. The molecule has 3 atom stereocenters. The number of ether oxygens (including phenoxy) is 2. The van der Waals surface area contributed by atoms with E-state index < -0.39 is 0 Å². The first-order valence-corrected chi connectivity index (χ1v) is 7.91. The van der Waals surface area contributed by atoms with Gasteiger partial charge in [0.15, 0.2) is 0 Å². The van der Waals surface area contributed by atoms with Crippen LogP contribution in [0.4, 0.5) is 0 Å². The number of hydrogen-bond acceptors (Lipinski definition) is 2. The minimum absolute atomic E-state index is 0.0147. The van der Waals surface area contributed by atoms with Crippen LogP contribution in [0.2, 0.25) is 0 Å². The van der Waals surface area contributed by atoms with Gasteiger partial charge in [0.05, 0.1) is 23.9 Å². The SMILES string of the molecule is CCC12CCC(CC1OCc1ccccc1)C(C)(C)O2. The molecule has 1 aromatic carbocycles. The molecule has 2 bridgehead atoms. The molecule has 0 radical (unpaired) electrons. The van der Waals surface area contributed by atoms with E-state index in [0.717, 1.165) is 19.3 Å². The minimum atomic E-state index is -0.0625. The van der Waals surface area contributed by atoms with Crippen LogP contribution in [0.1, 0.15) is 52.0 Å². The fourth-order valence-electron chi connectivity index (χ4n) is 3.99. The Morgan fingerprint density at radius 2 is 2.00 bits per heavy atom. The fraction of sp³-hybridized carbons (Fsp3) is 0.667. The summed E-state index contributed by atoms with van der Waals surface area (Å²) in [6, 6.07) is 10.4. The lowest BCUT2D eigenvalue weighted by Crippen LogP contribution is -2.63. The van der Waals surface area contributed by atoms with Crippen LogP contribution >= 0.6 is 0 Å². The van der Waals surface area contributed by atoms with Crippen LogP contribution in [0.5, 0.6) is 0 Å². The maximum absolute atomic E-state index is 6.49. The van der Waals surface area contributed by atoms with E-state index in [4.69, 9.17) is 9.47 Å². The molecule has 1 aliphatic carbocycles. The van der Waals surface area contributed by atoms with Crippen molar-refractivity contribution in [2.45, 2.75) is 70.4 Å². The summed E-state index contributed by atoms with van der Waals surface area (Å²) in [6.45, 7) is 7.42. The van der Waals surface area contributed by atoms with Gasteiger partial charge in [0.25, 0.3) is 0 Å². The summed E-state index contributed by atoms with van der Waals surface area (Å²) >= 11 is 0. The van der Waals surface area contributed by atoms with E-state index in [2.05, 4.69) is 45.0 Å². The van der Waals surface area contributed by atoms with E-state index in [1.54, 1.807) is 0 Å². The van der Waals surface area contributed by atoms with Crippen LogP contribution in [-0.4, -0.2) is 17.3 Å². The zero-order chi connectivity index (χ0) is 14.2. The van der Waals surface area contributed by atoms with E-state index in [1.807, 2.05) is 6.07 Å². The van der Waals surface area contributed by atoms with Crippen LogP contribution in [0.15, 0.2) is 30.3 Å². The second-order valence-corrected chi connectivity index (χ2v) is 6.88. The molecule has 3 unspecified atom stereocenters. The van der Waals surface area contributed by atoms with Crippen molar-refractivity contribution in [3.05, 3.63) is 35.9 Å². The second-order valence-electron chi connectivity index (χ2n) is 6.88. The third kappa shape index (κ3) is 2.40. The molecule has 20 heavy (non-hydrogen) atoms. The van der Waals surface area contributed by atoms with Gasteiger partial charge < -0.3 is 9.47 Å². The Hall–Kier alpha value is -0.860. The van der Waals surface area contributed by atoms with Gasteiger partial charge in [-0.2, -0.15) is 0 Å². The van der Waals surface area contributed by atoms with Gasteiger partial charge in [-0.05, 0) is 51.0 Å². The molecule has 4 rings (SSSR count). The van der Waals surface area contributed by atoms with E-state index in [-0.39, 0.29) is 17.3 Å². The number of fused-ring (bicyclic) bond motifs is 3. The zero-order valence-electron chi connectivity index (χ0n) is 12.9.